The fraction of sp³-hybridized carbons (Fsp3) is 0.567. The number of carbonyl (C=O) groups excluding carboxylic acids is 1. The molecular formula is C30H45FN2O5. The van der Waals surface area contributed by atoms with Crippen molar-refractivity contribution in [3.63, 3.8) is 0 Å². The number of carbonyl (C=O) groups is 1. The van der Waals surface area contributed by atoms with Crippen LogP contribution in [0.4, 0.5) is 4.39 Å². The Hall–Kier alpha value is -2.68. The normalized spacial score (nSPS) is 14.2. The molecule has 3 unspecified atom stereocenters. The van der Waals surface area contributed by atoms with E-state index in [1.54, 1.807) is 46.3 Å². The highest BCUT2D eigenvalue weighted by Crippen LogP contribution is 2.31. The first-order valence-electron chi connectivity index (χ1n) is 13.3. The summed E-state index contributed by atoms with van der Waals surface area (Å²) in [4.78, 5) is 12.9. The summed E-state index contributed by atoms with van der Waals surface area (Å²) in [5.41, 5.74) is 6.70. The number of hydrogen-bond acceptors (Lipinski definition) is 6. The topological polar surface area (TPSA) is 103 Å². The molecule has 0 aromatic heterocycles. The van der Waals surface area contributed by atoms with E-state index in [1.165, 1.54) is 6.07 Å². The number of rotatable bonds is 16. The second kappa shape index (κ2) is 15.0. The summed E-state index contributed by atoms with van der Waals surface area (Å²) < 4.78 is 30.7. The highest BCUT2D eigenvalue weighted by molar-refractivity contribution is 5.87. The van der Waals surface area contributed by atoms with Crippen LogP contribution in [0.25, 0.3) is 0 Å². The third-order valence-electron chi connectivity index (χ3n) is 7.07. The molecule has 0 spiro atoms. The van der Waals surface area contributed by atoms with Gasteiger partial charge in [-0.2, -0.15) is 0 Å². The number of nitrogens with two attached hydrogens (primary N) is 1. The summed E-state index contributed by atoms with van der Waals surface area (Å²) in [6, 6.07) is 11.6. The van der Waals surface area contributed by atoms with Crippen molar-refractivity contribution in [3.05, 3.63) is 59.4 Å². The van der Waals surface area contributed by atoms with Crippen molar-refractivity contribution in [1.82, 2.24) is 5.32 Å². The summed E-state index contributed by atoms with van der Waals surface area (Å²) in [5, 5.41) is 13.5. The van der Waals surface area contributed by atoms with Gasteiger partial charge in [-0.1, -0.05) is 38.1 Å². The molecule has 3 atom stereocenters. The van der Waals surface area contributed by atoms with E-state index in [0.717, 1.165) is 18.4 Å². The average Bonchev–Trinajstić information content (AvgIpc) is 2.89. The molecule has 0 aliphatic carbocycles. The van der Waals surface area contributed by atoms with E-state index in [1.807, 2.05) is 18.2 Å². The molecule has 0 bridgehead atoms. The van der Waals surface area contributed by atoms with E-state index in [0.29, 0.717) is 42.6 Å². The summed E-state index contributed by atoms with van der Waals surface area (Å²) in [5.74, 6) is 1.06. The van der Waals surface area contributed by atoms with Crippen LogP contribution < -0.4 is 20.5 Å². The van der Waals surface area contributed by atoms with Gasteiger partial charge in [-0.05, 0) is 62.3 Å². The molecule has 0 saturated heterocycles. The lowest BCUT2D eigenvalue weighted by molar-refractivity contribution is -0.126. The second-order valence-electron chi connectivity index (χ2n) is 10.7. The van der Waals surface area contributed by atoms with Gasteiger partial charge in [-0.25, -0.2) is 4.39 Å². The third kappa shape index (κ3) is 8.96. The van der Waals surface area contributed by atoms with Crippen LogP contribution >= 0.6 is 0 Å². The van der Waals surface area contributed by atoms with Gasteiger partial charge in [0.15, 0.2) is 11.5 Å². The number of benzene rings is 2. The number of nitrogens with one attached hydrogen (secondary N) is 1. The number of hydrogen-bond donors (Lipinski definition) is 3. The lowest BCUT2D eigenvalue weighted by Crippen LogP contribution is -2.48. The molecule has 0 aliphatic heterocycles. The van der Waals surface area contributed by atoms with E-state index < -0.39 is 23.4 Å². The Labute approximate surface area is 226 Å². The molecule has 7 nitrogen and oxygen atoms in total. The van der Waals surface area contributed by atoms with Gasteiger partial charge in [-0.15, -0.1) is 0 Å². The minimum atomic E-state index is -1.09. The summed E-state index contributed by atoms with van der Waals surface area (Å²) in [6.07, 6.45) is 1.16. The van der Waals surface area contributed by atoms with Crippen LogP contribution in [0.5, 0.6) is 11.5 Å². The van der Waals surface area contributed by atoms with Gasteiger partial charge in [0.2, 0.25) is 5.91 Å². The largest absolute Gasteiger partial charge is 0.493 e. The first kappa shape index (κ1) is 31.5. The van der Waals surface area contributed by atoms with E-state index in [4.69, 9.17) is 19.9 Å². The van der Waals surface area contributed by atoms with Gasteiger partial charge >= 0.3 is 0 Å². The molecule has 0 saturated carbocycles. The predicted molar refractivity (Wildman–Crippen MR) is 148 cm³/mol. The van der Waals surface area contributed by atoms with Crippen molar-refractivity contribution in [3.8, 4) is 11.5 Å². The molecule has 1 amide bonds. The zero-order valence-electron chi connectivity index (χ0n) is 23.6. The van der Waals surface area contributed by atoms with Crippen molar-refractivity contribution < 1.29 is 28.5 Å². The molecule has 2 aromatic carbocycles. The summed E-state index contributed by atoms with van der Waals surface area (Å²) in [7, 11) is 3.28. The number of halogens is 1. The lowest BCUT2D eigenvalue weighted by atomic mass is 9.82. The Morgan fingerprint density at radius 1 is 1.11 bits per heavy atom. The van der Waals surface area contributed by atoms with Gasteiger partial charge in [-0.3, -0.25) is 4.79 Å². The maximum absolute atomic E-state index is 14.3. The molecule has 0 aliphatic rings. The Balaban J connectivity index is 1.99. The third-order valence-corrected chi connectivity index (χ3v) is 7.07. The quantitative estimate of drug-likeness (QED) is 0.280. The van der Waals surface area contributed by atoms with Crippen LogP contribution in [0.3, 0.4) is 0 Å². The lowest BCUT2D eigenvalue weighted by Gasteiger charge is -2.29. The summed E-state index contributed by atoms with van der Waals surface area (Å²) >= 11 is 0. The highest BCUT2D eigenvalue weighted by Gasteiger charge is 2.33. The molecule has 0 fully saturated rings. The monoisotopic (exact) mass is 532 g/mol. The molecular weight excluding hydrogens is 487 g/mol. The van der Waals surface area contributed by atoms with Crippen LogP contribution in [-0.4, -0.2) is 57.1 Å². The predicted octanol–water partition coefficient (Wildman–Crippen LogP) is 4.24. The standard InChI is InChI=1S/C30H45FN2O5/c1-20(2)22(16-21-12-13-27(37-6)28(17-21)38-15-9-14-36-5)18-25(32)26(34)19-33-29(35)30(3,4)23-10-7-8-11-24(23)31/h7-8,10-13,17,20,22,25-26,34H,9,14-16,18-19,32H2,1-6H3,(H,33,35). The van der Waals surface area contributed by atoms with Crippen molar-refractivity contribution in [2.45, 2.75) is 64.5 Å². The molecule has 2 rings (SSSR count). The van der Waals surface area contributed by atoms with Gasteiger partial charge < -0.3 is 30.4 Å². The highest BCUT2D eigenvalue weighted by atomic mass is 19.1. The average molecular weight is 533 g/mol. The van der Waals surface area contributed by atoms with E-state index >= 15 is 0 Å². The van der Waals surface area contributed by atoms with Crippen LogP contribution in [0.1, 0.15) is 51.7 Å². The number of aliphatic hydroxyl groups is 1. The molecule has 0 heterocycles. The van der Waals surface area contributed by atoms with Gasteiger partial charge in [0.1, 0.15) is 5.82 Å². The Bertz CT molecular complexity index is 1010. The van der Waals surface area contributed by atoms with Crippen LogP contribution in [0.15, 0.2) is 42.5 Å². The SMILES string of the molecule is COCCCOc1cc(CC(CC(N)C(O)CNC(=O)C(C)(C)c2ccccc2F)C(C)C)ccc1OC. The Morgan fingerprint density at radius 3 is 2.45 bits per heavy atom. The van der Waals surface area contributed by atoms with Gasteiger partial charge in [0.25, 0.3) is 0 Å². The molecule has 8 heteroatoms. The number of aliphatic hydroxyl groups excluding tert-OH is 1. The zero-order valence-corrected chi connectivity index (χ0v) is 23.6. The fourth-order valence-corrected chi connectivity index (χ4v) is 4.41. The maximum Gasteiger partial charge on any atom is 0.230 e. The minimum Gasteiger partial charge on any atom is -0.493 e. The van der Waals surface area contributed by atoms with E-state index in [9.17, 15) is 14.3 Å². The Kier molecular flexibility index (Phi) is 12.5. The van der Waals surface area contributed by atoms with Gasteiger partial charge in [0.05, 0.1) is 25.2 Å². The number of amides is 1. The molecule has 38 heavy (non-hydrogen) atoms. The van der Waals surface area contributed by atoms with E-state index in [2.05, 4.69) is 19.2 Å². The van der Waals surface area contributed by atoms with Crippen LogP contribution in [0.2, 0.25) is 0 Å². The zero-order chi connectivity index (χ0) is 28.3. The number of methoxy groups -OCH3 is 2. The number of ether oxygens (including phenoxy) is 3. The first-order chi connectivity index (χ1) is 18.0. The maximum atomic E-state index is 14.3. The van der Waals surface area contributed by atoms with Gasteiger partial charge in [0, 0.05) is 38.3 Å². The minimum absolute atomic E-state index is 0.00923. The van der Waals surface area contributed by atoms with Crippen LogP contribution in [-0.2, 0) is 21.4 Å². The molecule has 212 valence electrons. The van der Waals surface area contributed by atoms with Crippen molar-refractivity contribution in [1.29, 1.82) is 0 Å². The van der Waals surface area contributed by atoms with Crippen molar-refractivity contribution >= 4 is 5.91 Å². The summed E-state index contributed by atoms with van der Waals surface area (Å²) in [6.45, 7) is 8.72. The molecule has 2 aromatic rings. The molecule has 0 radical (unpaired) electrons. The smallest absolute Gasteiger partial charge is 0.230 e. The Morgan fingerprint density at radius 2 is 1.82 bits per heavy atom. The first-order valence-corrected chi connectivity index (χ1v) is 13.3. The fourth-order valence-electron chi connectivity index (χ4n) is 4.41. The van der Waals surface area contributed by atoms with Crippen molar-refractivity contribution in [2.75, 3.05) is 34.0 Å². The van der Waals surface area contributed by atoms with Crippen LogP contribution in [0, 0.1) is 17.7 Å². The second-order valence-corrected chi connectivity index (χ2v) is 10.7. The molecule has 4 N–H and O–H groups in total. The van der Waals surface area contributed by atoms with Crippen molar-refractivity contribution in [2.24, 2.45) is 17.6 Å². The van der Waals surface area contributed by atoms with E-state index in [-0.39, 0.29) is 18.4 Å².